The van der Waals surface area contributed by atoms with E-state index in [1.165, 1.54) is 7.11 Å². The van der Waals surface area contributed by atoms with Crippen molar-refractivity contribution >= 4 is 35.9 Å². The van der Waals surface area contributed by atoms with Gasteiger partial charge >= 0.3 is 12.0 Å². The summed E-state index contributed by atoms with van der Waals surface area (Å²) in [6.07, 6.45) is 3.23. The molecule has 30 heavy (non-hydrogen) atoms. The normalized spacial score (nSPS) is 21.4. The molecule has 1 saturated heterocycles. The number of ether oxygens (including phenoxy) is 1. The number of benzene rings is 1. The number of carbonyl (C=O) groups excluding carboxylic acids is 2. The maximum absolute atomic E-state index is 12.9. The Morgan fingerprint density at radius 2 is 1.63 bits per heavy atom. The maximum atomic E-state index is 12.9. The Kier molecular flexibility index (Phi) is 8.34. The summed E-state index contributed by atoms with van der Waals surface area (Å²) >= 11 is 0. The molecule has 1 aromatic carbocycles. The van der Waals surface area contributed by atoms with E-state index in [2.05, 4.69) is 4.90 Å². The van der Waals surface area contributed by atoms with Gasteiger partial charge in [0.25, 0.3) is 0 Å². The summed E-state index contributed by atoms with van der Waals surface area (Å²) in [5, 5.41) is 7.48. The van der Waals surface area contributed by atoms with Gasteiger partial charge in [-0.2, -0.15) is 0 Å². The number of esters is 1. The molecule has 0 aromatic heterocycles. The standard InChI is InChI=1S/C21H31N5O3.ClH/c1-24(17-7-5-16(6-8-17)20(27)29-2)21(28)26-13-11-25(12-14-26)18-9-3-15(4-10-18)19(22)23;/h3-4,9-10,16-17H,5-8,11-14H2,1-2H3,(H3,22,23);1H/t16-,17-;. The van der Waals surface area contributed by atoms with Gasteiger partial charge in [-0.25, -0.2) is 4.79 Å². The molecule has 2 fully saturated rings. The number of nitrogen functional groups attached to an aromatic ring is 1. The van der Waals surface area contributed by atoms with Crippen molar-refractivity contribution in [2.45, 2.75) is 31.7 Å². The Hall–Kier alpha value is -2.48. The molecule has 8 nitrogen and oxygen atoms in total. The van der Waals surface area contributed by atoms with E-state index in [0.29, 0.717) is 18.7 Å². The topological polar surface area (TPSA) is 103 Å². The smallest absolute Gasteiger partial charge is 0.320 e. The summed E-state index contributed by atoms with van der Waals surface area (Å²) in [6.45, 7) is 2.90. The van der Waals surface area contributed by atoms with Crippen LogP contribution in [0, 0.1) is 11.3 Å². The molecule has 0 atom stereocenters. The zero-order valence-corrected chi connectivity index (χ0v) is 18.5. The van der Waals surface area contributed by atoms with Crippen LogP contribution in [0.1, 0.15) is 31.2 Å². The molecule has 9 heteroatoms. The molecule has 3 N–H and O–H groups in total. The number of anilines is 1. The first kappa shape index (κ1) is 23.8. The van der Waals surface area contributed by atoms with Gasteiger partial charge in [-0.15, -0.1) is 12.4 Å². The number of rotatable bonds is 4. The summed E-state index contributed by atoms with van der Waals surface area (Å²) < 4.78 is 4.84. The van der Waals surface area contributed by atoms with Gasteiger partial charge < -0.3 is 25.2 Å². The molecule has 0 unspecified atom stereocenters. The lowest BCUT2D eigenvalue weighted by Gasteiger charge is -2.40. The average molecular weight is 438 g/mol. The summed E-state index contributed by atoms with van der Waals surface area (Å²) in [7, 11) is 3.31. The molecule has 1 aromatic rings. The second-order valence-corrected chi connectivity index (χ2v) is 7.86. The fraction of sp³-hybridized carbons (Fsp3) is 0.571. The third-order valence-corrected chi connectivity index (χ3v) is 6.17. The average Bonchev–Trinajstić information content (AvgIpc) is 2.77. The quantitative estimate of drug-likeness (QED) is 0.427. The van der Waals surface area contributed by atoms with E-state index < -0.39 is 0 Å². The highest BCUT2D eigenvalue weighted by Crippen LogP contribution is 2.28. The number of hydrogen-bond donors (Lipinski definition) is 2. The third kappa shape index (κ3) is 5.36. The number of nitrogens with zero attached hydrogens (tertiary/aromatic N) is 3. The number of carbonyl (C=O) groups is 2. The molecular weight excluding hydrogens is 406 g/mol. The first-order valence-electron chi connectivity index (χ1n) is 10.2. The molecule has 166 valence electrons. The van der Waals surface area contributed by atoms with Crippen LogP contribution in [-0.2, 0) is 9.53 Å². The molecule has 2 aliphatic rings. The van der Waals surface area contributed by atoms with Gasteiger partial charge in [-0.1, -0.05) is 0 Å². The van der Waals surface area contributed by atoms with Gasteiger partial charge in [0.1, 0.15) is 5.84 Å². The molecule has 2 amide bonds. The van der Waals surface area contributed by atoms with Gasteiger partial charge in [0.05, 0.1) is 13.0 Å². The fourth-order valence-electron chi connectivity index (χ4n) is 4.25. The Morgan fingerprint density at radius 1 is 1.07 bits per heavy atom. The van der Waals surface area contributed by atoms with Crippen molar-refractivity contribution in [1.82, 2.24) is 9.80 Å². The first-order valence-corrected chi connectivity index (χ1v) is 10.2. The minimum Gasteiger partial charge on any atom is -0.469 e. The Morgan fingerprint density at radius 3 is 2.13 bits per heavy atom. The van der Waals surface area contributed by atoms with Crippen LogP contribution in [0.3, 0.4) is 0 Å². The van der Waals surface area contributed by atoms with Gasteiger partial charge in [0.2, 0.25) is 0 Å². The molecule has 1 aliphatic carbocycles. The first-order chi connectivity index (χ1) is 13.9. The third-order valence-electron chi connectivity index (χ3n) is 6.17. The van der Waals surface area contributed by atoms with E-state index in [0.717, 1.165) is 44.5 Å². The van der Waals surface area contributed by atoms with E-state index in [4.69, 9.17) is 15.9 Å². The molecular formula is C21H32ClN5O3. The number of urea groups is 1. The number of methoxy groups -OCH3 is 1. The van der Waals surface area contributed by atoms with E-state index in [1.807, 2.05) is 41.1 Å². The van der Waals surface area contributed by atoms with Crippen LogP contribution in [0.2, 0.25) is 0 Å². The second-order valence-electron chi connectivity index (χ2n) is 7.86. The van der Waals surface area contributed by atoms with Crippen LogP contribution in [0.25, 0.3) is 0 Å². The zero-order chi connectivity index (χ0) is 21.0. The predicted octanol–water partition coefficient (Wildman–Crippen LogP) is 2.30. The van der Waals surface area contributed by atoms with Crippen molar-refractivity contribution in [3.63, 3.8) is 0 Å². The highest BCUT2D eigenvalue weighted by atomic mass is 35.5. The Labute approximate surface area is 184 Å². The van der Waals surface area contributed by atoms with Crippen LogP contribution in [0.5, 0.6) is 0 Å². The van der Waals surface area contributed by atoms with Crippen molar-refractivity contribution in [3.05, 3.63) is 29.8 Å². The number of hydrogen-bond acceptors (Lipinski definition) is 5. The van der Waals surface area contributed by atoms with Crippen LogP contribution >= 0.6 is 12.4 Å². The number of amides is 2. The largest absolute Gasteiger partial charge is 0.469 e. The molecule has 0 radical (unpaired) electrons. The molecule has 3 rings (SSSR count). The summed E-state index contributed by atoms with van der Waals surface area (Å²) in [5.74, 6) is -0.0989. The lowest BCUT2D eigenvalue weighted by Crippen LogP contribution is -2.54. The highest BCUT2D eigenvalue weighted by Gasteiger charge is 2.32. The number of nitrogens with one attached hydrogen (secondary N) is 1. The molecule has 0 spiro atoms. The van der Waals surface area contributed by atoms with Gasteiger partial charge in [0, 0.05) is 50.5 Å². The number of amidine groups is 1. The van der Waals surface area contributed by atoms with Crippen LogP contribution in [0.15, 0.2) is 24.3 Å². The molecule has 0 bridgehead atoms. The Balaban J connectivity index is 0.00000320. The van der Waals surface area contributed by atoms with Crippen LogP contribution in [-0.4, -0.2) is 74.0 Å². The molecule has 1 heterocycles. The van der Waals surface area contributed by atoms with Crippen LogP contribution < -0.4 is 10.6 Å². The summed E-state index contributed by atoms with van der Waals surface area (Å²) in [6, 6.07) is 7.90. The van der Waals surface area contributed by atoms with E-state index in [9.17, 15) is 9.59 Å². The highest BCUT2D eigenvalue weighted by molar-refractivity contribution is 5.95. The van der Waals surface area contributed by atoms with E-state index in [1.54, 1.807) is 0 Å². The van der Waals surface area contributed by atoms with E-state index in [-0.39, 0.29) is 42.2 Å². The molecule has 1 saturated carbocycles. The second kappa shape index (κ2) is 10.5. The maximum Gasteiger partial charge on any atom is 0.320 e. The summed E-state index contributed by atoms with van der Waals surface area (Å²) in [5.41, 5.74) is 7.31. The number of halogens is 1. The molecule has 1 aliphatic heterocycles. The predicted molar refractivity (Wildman–Crippen MR) is 119 cm³/mol. The van der Waals surface area contributed by atoms with Crippen molar-refractivity contribution in [2.24, 2.45) is 11.7 Å². The lowest BCUT2D eigenvalue weighted by atomic mass is 9.85. The van der Waals surface area contributed by atoms with Gasteiger partial charge in [0.15, 0.2) is 0 Å². The Bertz CT molecular complexity index is 742. The van der Waals surface area contributed by atoms with Crippen molar-refractivity contribution < 1.29 is 14.3 Å². The van der Waals surface area contributed by atoms with Gasteiger partial charge in [-0.05, 0) is 49.9 Å². The van der Waals surface area contributed by atoms with Crippen LogP contribution in [0.4, 0.5) is 10.5 Å². The zero-order valence-electron chi connectivity index (χ0n) is 17.7. The number of piperazine rings is 1. The van der Waals surface area contributed by atoms with Crippen molar-refractivity contribution in [1.29, 1.82) is 5.41 Å². The monoisotopic (exact) mass is 437 g/mol. The minimum atomic E-state index is -0.134. The summed E-state index contributed by atoms with van der Waals surface area (Å²) in [4.78, 5) is 30.6. The number of nitrogens with two attached hydrogens (primary N) is 1. The van der Waals surface area contributed by atoms with Crippen molar-refractivity contribution in [3.8, 4) is 0 Å². The van der Waals surface area contributed by atoms with Gasteiger partial charge in [-0.3, -0.25) is 10.2 Å². The SMILES string of the molecule is COC(=O)[C@H]1CC[C@H](N(C)C(=O)N2CCN(c3ccc(C(=N)N)cc3)CC2)CC1.Cl. The lowest BCUT2D eigenvalue weighted by molar-refractivity contribution is -0.146. The fourth-order valence-corrected chi connectivity index (χ4v) is 4.25. The minimum absolute atomic E-state index is 0. The van der Waals surface area contributed by atoms with Crippen molar-refractivity contribution in [2.75, 3.05) is 45.2 Å². The van der Waals surface area contributed by atoms with E-state index >= 15 is 0 Å².